The van der Waals surface area contributed by atoms with Gasteiger partial charge in [-0.2, -0.15) is 0 Å². The van der Waals surface area contributed by atoms with Crippen molar-refractivity contribution in [1.29, 1.82) is 0 Å². The first-order valence-corrected chi connectivity index (χ1v) is 14.0. The molecular weight excluding hydrogens is 536 g/mol. The van der Waals surface area contributed by atoms with Crippen LogP contribution in [0.3, 0.4) is 0 Å². The number of nitrogens with zero attached hydrogens (tertiary/aromatic N) is 4. The van der Waals surface area contributed by atoms with Crippen LogP contribution in [-0.4, -0.2) is 59.2 Å². The van der Waals surface area contributed by atoms with Crippen molar-refractivity contribution in [1.82, 2.24) is 15.2 Å². The van der Waals surface area contributed by atoms with Crippen molar-refractivity contribution in [2.75, 3.05) is 36.5 Å². The number of fused-ring (bicyclic) bond motifs is 1. The van der Waals surface area contributed by atoms with Gasteiger partial charge < -0.3 is 19.4 Å². The van der Waals surface area contributed by atoms with Crippen molar-refractivity contribution in [3.63, 3.8) is 0 Å². The Morgan fingerprint density at radius 2 is 1.77 bits per heavy atom. The third-order valence-corrected chi connectivity index (χ3v) is 8.62. The van der Waals surface area contributed by atoms with E-state index in [0.717, 1.165) is 22.3 Å². The second-order valence-corrected chi connectivity index (χ2v) is 11.1. The normalized spacial score (nSPS) is 21.9. The van der Waals surface area contributed by atoms with Crippen molar-refractivity contribution >= 4 is 33.7 Å². The molecule has 0 spiro atoms. The number of halogens is 2. The molecule has 1 unspecified atom stereocenters. The van der Waals surface area contributed by atoms with Crippen LogP contribution in [0.5, 0.6) is 0 Å². The van der Waals surface area contributed by atoms with Crippen LogP contribution in [0.2, 0.25) is 0 Å². The summed E-state index contributed by atoms with van der Waals surface area (Å²) in [5, 5.41) is 12.5. The quantitative estimate of drug-likeness (QED) is 0.344. The average Bonchev–Trinajstić information content (AvgIpc) is 3.29. The van der Waals surface area contributed by atoms with Gasteiger partial charge in [-0.25, -0.2) is 13.8 Å². The van der Waals surface area contributed by atoms with E-state index in [0.29, 0.717) is 42.0 Å². The summed E-state index contributed by atoms with van der Waals surface area (Å²) in [4.78, 5) is 19.9. The minimum Gasteiger partial charge on any atom is -0.402 e. The Kier molecular flexibility index (Phi) is 6.20. The Labute approximate surface area is 232 Å². The molecule has 2 aromatic carbocycles. The number of Topliss-reactive ketones (excluding diaryl/α,β-unsaturated/α-hetero) is 1. The fourth-order valence-electron chi connectivity index (χ4n) is 5.16. The third kappa shape index (κ3) is 4.69. The molecule has 3 aliphatic rings. The SMILES string of the molecule is O=C1Cc2ccccc2C(c2ccccc2)=C[C@@H]1Nc1nnc(-c2nc(C3CC3(F)F)sc2N2CCOCC2)o1. The van der Waals surface area contributed by atoms with Crippen molar-refractivity contribution in [2.45, 2.75) is 30.7 Å². The smallest absolute Gasteiger partial charge is 0.316 e. The maximum atomic E-state index is 13.9. The molecule has 3 heterocycles. The van der Waals surface area contributed by atoms with Gasteiger partial charge in [0.1, 0.15) is 16.1 Å². The second kappa shape index (κ2) is 9.90. The van der Waals surface area contributed by atoms with Crippen molar-refractivity contribution < 1.29 is 22.7 Å². The number of morpholine rings is 1. The van der Waals surface area contributed by atoms with E-state index in [1.54, 1.807) is 0 Å². The van der Waals surface area contributed by atoms with Crippen LogP contribution in [0.15, 0.2) is 65.1 Å². The molecule has 2 aromatic heterocycles. The van der Waals surface area contributed by atoms with Crippen LogP contribution >= 0.6 is 11.3 Å². The largest absolute Gasteiger partial charge is 0.402 e. The number of carbonyl (C=O) groups excluding carboxylic acids is 1. The summed E-state index contributed by atoms with van der Waals surface area (Å²) < 4.78 is 39.2. The predicted molar refractivity (Wildman–Crippen MR) is 147 cm³/mol. The number of ketones is 1. The first kappa shape index (κ1) is 25.0. The molecule has 1 N–H and O–H groups in total. The van der Waals surface area contributed by atoms with E-state index in [4.69, 9.17) is 9.15 Å². The van der Waals surface area contributed by atoms with Crippen LogP contribution in [0, 0.1) is 0 Å². The molecule has 8 nitrogen and oxygen atoms in total. The molecule has 0 radical (unpaired) electrons. The van der Waals surface area contributed by atoms with E-state index >= 15 is 0 Å². The van der Waals surface area contributed by atoms with Gasteiger partial charge in [-0.15, -0.1) is 16.4 Å². The van der Waals surface area contributed by atoms with E-state index in [2.05, 4.69) is 25.4 Å². The Morgan fingerprint density at radius 3 is 2.55 bits per heavy atom. The summed E-state index contributed by atoms with van der Waals surface area (Å²) in [6.07, 6.45) is 1.93. The Balaban J connectivity index is 1.21. The van der Waals surface area contributed by atoms with E-state index in [-0.39, 0.29) is 30.5 Å². The lowest BCUT2D eigenvalue weighted by molar-refractivity contribution is -0.118. The number of hydrogen-bond donors (Lipinski definition) is 1. The van der Waals surface area contributed by atoms with Gasteiger partial charge in [0.25, 0.3) is 11.8 Å². The molecule has 7 rings (SSSR count). The van der Waals surface area contributed by atoms with Crippen molar-refractivity contribution in [3.05, 3.63) is 82.4 Å². The molecule has 0 bridgehead atoms. The number of rotatable bonds is 6. The molecule has 40 heavy (non-hydrogen) atoms. The summed E-state index contributed by atoms with van der Waals surface area (Å²) >= 11 is 1.24. The lowest BCUT2D eigenvalue weighted by atomic mass is 9.94. The minimum atomic E-state index is -2.74. The highest BCUT2D eigenvalue weighted by molar-refractivity contribution is 7.16. The topological polar surface area (TPSA) is 93.4 Å². The summed E-state index contributed by atoms with van der Waals surface area (Å²) in [5.41, 5.74) is 4.25. The summed E-state index contributed by atoms with van der Waals surface area (Å²) in [7, 11) is 0. The maximum absolute atomic E-state index is 13.9. The first-order valence-electron chi connectivity index (χ1n) is 13.2. The number of anilines is 2. The molecule has 1 saturated carbocycles. The first-order chi connectivity index (χ1) is 19.5. The highest BCUT2D eigenvalue weighted by Gasteiger charge is 2.59. The number of thiazole rings is 1. The van der Waals surface area contributed by atoms with E-state index < -0.39 is 17.9 Å². The predicted octanol–water partition coefficient (Wildman–Crippen LogP) is 5.19. The zero-order chi connectivity index (χ0) is 27.3. The lowest BCUT2D eigenvalue weighted by Crippen LogP contribution is -2.35. The third-order valence-electron chi connectivity index (χ3n) is 7.39. The highest BCUT2D eigenvalue weighted by atomic mass is 32.1. The van der Waals surface area contributed by atoms with E-state index in [1.807, 2.05) is 60.7 Å². The zero-order valence-electron chi connectivity index (χ0n) is 21.3. The summed E-state index contributed by atoms with van der Waals surface area (Å²) in [5.74, 6) is -3.55. The number of ether oxygens (including phenoxy) is 1. The molecule has 1 saturated heterocycles. The molecule has 2 aliphatic carbocycles. The summed E-state index contributed by atoms with van der Waals surface area (Å²) in [6.45, 7) is 2.29. The van der Waals surface area contributed by atoms with Gasteiger partial charge in [-0.1, -0.05) is 59.7 Å². The fraction of sp³-hybridized carbons (Fsp3) is 0.310. The number of hydrogen-bond acceptors (Lipinski definition) is 9. The van der Waals surface area contributed by atoms with Crippen LogP contribution in [-0.2, 0) is 16.0 Å². The number of nitrogens with one attached hydrogen (secondary N) is 1. The molecule has 0 amide bonds. The molecule has 1 aliphatic heterocycles. The fourth-order valence-corrected chi connectivity index (χ4v) is 6.44. The van der Waals surface area contributed by atoms with Gasteiger partial charge in [0, 0.05) is 25.9 Å². The number of benzene rings is 2. The molecular formula is C29H25F2N5O3S. The van der Waals surface area contributed by atoms with Gasteiger partial charge in [0.15, 0.2) is 11.5 Å². The van der Waals surface area contributed by atoms with Crippen molar-refractivity contribution in [2.24, 2.45) is 0 Å². The van der Waals surface area contributed by atoms with Gasteiger partial charge in [0.2, 0.25) is 0 Å². The van der Waals surface area contributed by atoms with E-state index in [9.17, 15) is 13.6 Å². The lowest BCUT2D eigenvalue weighted by Gasteiger charge is -2.27. The molecule has 11 heteroatoms. The second-order valence-electron chi connectivity index (χ2n) is 10.1. The average molecular weight is 562 g/mol. The van der Waals surface area contributed by atoms with Crippen LogP contribution in [0.1, 0.15) is 34.0 Å². The Morgan fingerprint density at radius 1 is 1.02 bits per heavy atom. The van der Waals surface area contributed by atoms with Crippen LogP contribution in [0.25, 0.3) is 17.2 Å². The zero-order valence-corrected chi connectivity index (χ0v) is 22.2. The molecule has 2 fully saturated rings. The van der Waals surface area contributed by atoms with Gasteiger partial charge in [-0.05, 0) is 28.3 Å². The van der Waals surface area contributed by atoms with Gasteiger partial charge in [-0.3, -0.25) is 4.79 Å². The monoisotopic (exact) mass is 561 g/mol. The van der Waals surface area contributed by atoms with Crippen LogP contribution < -0.4 is 10.2 Å². The number of aromatic nitrogens is 3. The minimum absolute atomic E-state index is 0.0425. The number of carbonyl (C=O) groups is 1. The number of alkyl halides is 2. The van der Waals surface area contributed by atoms with Gasteiger partial charge in [0.05, 0.1) is 19.1 Å². The maximum Gasteiger partial charge on any atom is 0.316 e. The standard InChI is InChI=1S/C29H25F2N5O3S/c30-29(31)16-21(29)26-33-24(27(40-26)36-10-12-38-13-11-36)25-34-35-28(39-25)32-22-15-20(17-6-2-1-3-7-17)19-9-5-4-8-18(19)14-23(22)37/h1-9,15,21-22H,10-14,16H2,(H,32,35)/t21?,22-/m0/s1. The van der Waals surface area contributed by atoms with Gasteiger partial charge >= 0.3 is 6.01 Å². The Bertz CT molecular complexity index is 1600. The molecule has 4 aromatic rings. The van der Waals surface area contributed by atoms with Crippen molar-refractivity contribution in [3.8, 4) is 11.6 Å². The summed E-state index contributed by atoms with van der Waals surface area (Å²) in [6, 6.07) is 17.1. The van der Waals surface area contributed by atoms with E-state index in [1.165, 1.54) is 11.3 Å². The molecule has 2 atom stereocenters. The molecule has 204 valence electrons. The Hall–Kier alpha value is -3.96. The highest BCUT2D eigenvalue weighted by Crippen LogP contribution is 2.58. The van der Waals surface area contributed by atoms with Crippen LogP contribution in [0.4, 0.5) is 19.8 Å².